The van der Waals surface area contributed by atoms with Gasteiger partial charge in [0.05, 0.1) is 30.0 Å². The van der Waals surface area contributed by atoms with Crippen molar-refractivity contribution in [3.05, 3.63) is 48.0 Å². The molecule has 3 heterocycles. The van der Waals surface area contributed by atoms with Gasteiger partial charge in [0.2, 0.25) is 0 Å². The number of amides is 2. The molecule has 0 saturated carbocycles. The monoisotopic (exact) mass is 365 g/mol. The Morgan fingerprint density at radius 2 is 2.19 bits per heavy atom. The number of nitrogens with one attached hydrogen (secondary N) is 1. The molecule has 0 bridgehead atoms. The molecule has 0 unspecified atom stereocenters. The van der Waals surface area contributed by atoms with E-state index in [9.17, 15) is 4.79 Å². The first kappa shape index (κ1) is 17.3. The highest BCUT2D eigenvalue weighted by Gasteiger charge is 2.30. The van der Waals surface area contributed by atoms with Gasteiger partial charge in [0.1, 0.15) is 11.6 Å². The van der Waals surface area contributed by atoms with Gasteiger partial charge in [-0.25, -0.2) is 9.78 Å². The first-order valence-electron chi connectivity index (χ1n) is 9.03. The van der Waals surface area contributed by atoms with Crippen molar-refractivity contribution in [3.8, 4) is 5.75 Å². The Bertz CT molecular complexity index is 997. The minimum Gasteiger partial charge on any atom is -0.495 e. The van der Waals surface area contributed by atoms with Crippen molar-refractivity contribution in [1.29, 1.82) is 0 Å². The number of rotatable bonds is 3. The van der Waals surface area contributed by atoms with Gasteiger partial charge in [-0.15, -0.1) is 0 Å². The Labute approximate surface area is 158 Å². The zero-order valence-electron chi connectivity index (χ0n) is 15.8. The van der Waals surface area contributed by atoms with Gasteiger partial charge in [-0.2, -0.15) is 0 Å². The summed E-state index contributed by atoms with van der Waals surface area (Å²) in [5, 5.41) is 2.98. The summed E-state index contributed by atoms with van der Waals surface area (Å²) < 4.78 is 7.43. The van der Waals surface area contributed by atoms with E-state index in [0.29, 0.717) is 24.5 Å². The van der Waals surface area contributed by atoms with Crippen molar-refractivity contribution in [2.45, 2.75) is 19.3 Å². The molecule has 1 aliphatic rings. The van der Waals surface area contributed by atoms with E-state index in [2.05, 4.69) is 14.9 Å². The van der Waals surface area contributed by atoms with Crippen molar-refractivity contribution in [3.63, 3.8) is 0 Å². The summed E-state index contributed by atoms with van der Waals surface area (Å²) in [5.41, 5.74) is 3.72. The summed E-state index contributed by atoms with van der Waals surface area (Å²) in [6, 6.07) is 7.55. The quantitative estimate of drug-likeness (QED) is 0.773. The molecule has 0 radical (unpaired) electrons. The number of carbonyl (C=O) groups is 1. The number of fused-ring (bicyclic) bond motifs is 1. The molecule has 1 fully saturated rings. The Morgan fingerprint density at radius 3 is 2.96 bits per heavy atom. The maximum atomic E-state index is 12.8. The fourth-order valence-corrected chi connectivity index (χ4v) is 3.69. The predicted molar refractivity (Wildman–Crippen MR) is 104 cm³/mol. The zero-order chi connectivity index (χ0) is 19.0. The SMILES string of the molecule is COc1ccc(C)cc1NC(=O)N1CC[C@@H](c2nc3ccncc3n2C)C1. The minimum atomic E-state index is -0.109. The zero-order valence-corrected chi connectivity index (χ0v) is 15.8. The average Bonchev–Trinajstić information content (AvgIpc) is 3.27. The number of ether oxygens (including phenoxy) is 1. The molecule has 1 aliphatic heterocycles. The van der Waals surface area contributed by atoms with Gasteiger partial charge in [-0.3, -0.25) is 4.98 Å². The van der Waals surface area contributed by atoms with E-state index in [-0.39, 0.29) is 11.9 Å². The number of likely N-dealkylation sites (tertiary alicyclic amines) is 1. The van der Waals surface area contributed by atoms with E-state index in [1.807, 2.05) is 49.3 Å². The second-order valence-electron chi connectivity index (χ2n) is 6.96. The van der Waals surface area contributed by atoms with E-state index in [1.54, 1.807) is 13.3 Å². The van der Waals surface area contributed by atoms with Crippen LogP contribution in [0.25, 0.3) is 11.0 Å². The molecule has 2 amide bonds. The van der Waals surface area contributed by atoms with Gasteiger partial charge in [-0.05, 0) is 37.1 Å². The molecule has 4 rings (SSSR count). The molecule has 0 spiro atoms. The molecule has 0 aliphatic carbocycles. The van der Waals surface area contributed by atoms with Crippen molar-refractivity contribution >= 4 is 22.8 Å². The lowest BCUT2D eigenvalue weighted by molar-refractivity contribution is 0.221. The van der Waals surface area contributed by atoms with Gasteiger partial charge in [0, 0.05) is 32.3 Å². The van der Waals surface area contributed by atoms with E-state index < -0.39 is 0 Å². The maximum Gasteiger partial charge on any atom is 0.321 e. The van der Waals surface area contributed by atoms with E-state index in [4.69, 9.17) is 9.72 Å². The number of benzene rings is 1. The summed E-state index contributed by atoms with van der Waals surface area (Å²) in [7, 11) is 3.61. The number of aryl methyl sites for hydroxylation is 2. The Morgan fingerprint density at radius 1 is 1.33 bits per heavy atom. The molecule has 7 nitrogen and oxygen atoms in total. The van der Waals surface area contributed by atoms with Crippen LogP contribution < -0.4 is 10.1 Å². The largest absolute Gasteiger partial charge is 0.495 e. The third-order valence-electron chi connectivity index (χ3n) is 5.15. The number of anilines is 1. The summed E-state index contributed by atoms with van der Waals surface area (Å²) >= 11 is 0. The Kier molecular flexibility index (Phi) is 4.43. The molecule has 1 aromatic carbocycles. The first-order valence-corrected chi connectivity index (χ1v) is 9.03. The van der Waals surface area contributed by atoms with Crippen molar-refractivity contribution in [2.75, 3.05) is 25.5 Å². The number of pyridine rings is 1. The first-order chi connectivity index (χ1) is 13.1. The molecule has 3 aromatic rings. The molecule has 7 heteroatoms. The molecule has 2 aromatic heterocycles. The van der Waals surface area contributed by atoms with Gasteiger partial charge < -0.3 is 19.5 Å². The number of hydrogen-bond donors (Lipinski definition) is 1. The van der Waals surface area contributed by atoms with Crippen LogP contribution in [-0.4, -0.2) is 45.7 Å². The van der Waals surface area contributed by atoms with Crippen LogP contribution in [0.1, 0.15) is 23.7 Å². The topological polar surface area (TPSA) is 72.3 Å². The van der Waals surface area contributed by atoms with Crippen LogP contribution in [0.2, 0.25) is 0 Å². The number of aromatic nitrogens is 3. The van der Waals surface area contributed by atoms with Crippen LogP contribution in [0.15, 0.2) is 36.7 Å². The third kappa shape index (κ3) is 3.20. The molecule has 140 valence electrons. The van der Waals surface area contributed by atoms with E-state index in [1.165, 1.54) is 0 Å². The molecule has 1 N–H and O–H groups in total. The lowest BCUT2D eigenvalue weighted by atomic mass is 10.1. The van der Waals surface area contributed by atoms with Crippen molar-refractivity contribution in [2.24, 2.45) is 7.05 Å². The summed E-state index contributed by atoms with van der Waals surface area (Å²) in [6.07, 6.45) is 4.47. The molecule has 27 heavy (non-hydrogen) atoms. The van der Waals surface area contributed by atoms with Crippen molar-refractivity contribution < 1.29 is 9.53 Å². The number of urea groups is 1. The normalized spacial score (nSPS) is 16.7. The average molecular weight is 365 g/mol. The number of hydrogen-bond acceptors (Lipinski definition) is 4. The van der Waals surface area contributed by atoms with Gasteiger partial charge in [0.25, 0.3) is 0 Å². The standard InChI is InChI=1S/C20H23N5O2/c1-13-4-5-18(27-3)16(10-13)23-20(26)25-9-7-14(12-25)19-22-15-6-8-21-11-17(15)24(19)2/h4-6,8,10-11,14H,7,9,12H2,1-3H3,(H,23,26)/t14-/m1/s1. The van der Waals surface area contributed by atoms with E-state index >= 15 is 0 Å². The van der Waals surface area contributed by atoms with Crippen LogP contribution in [0, 0.1) is 6.92 Å². The smallest absolute Gasteiger partial charge is 0.321 e. The number of nitrogens with zero attached hydrogens (tertiary/aromatic N) is 4. The number of carbonyl (C=O) groups excluding carboxylic acids is 1. The van der Waals surface area contributed by atoms with Crippen LogP contribution in [-0.2, 0) is 7.05 Å². The molecular formula is C20H23N5O2. The minimum absolute atomic E-state index is 0.109. The number of imidazole rings is 1. The predicted octanol–water partition coefficient (Wildman–Crippen LogP) is 3.31. The molecular weight excluding hydrogens is 342 g/mol. The van der Waals surface area contributed by atoms with Crippen molar-refractivity contribution in [1.82, 2.24) is 19.4 Å². The highest BCUT2D eigenvalue weighted by molar-refractivity contribution is 5.91. The summed E-state index contributed by atoms with van der Waals surface area (Å²) in [6.45, 7) is 3.33. The van der Waals surface area contributed by atoms with Gasteiger partial charge in [0.15, 0.2) is 0 Å². The fraction of sp³-hybridized carbons (Fsp3) is 0.350. The second kappa shape index (κ2) is 6.90. The van der Waals surface area contributed by atoms with Gasteiger partial charge >= 0.3 is 6.03 Å². The lowest BCUT2D eigenvalue weighted by Crippen LogP contribution is -2.33. The van der Waals surface area contributed by atoms with E-state index in [0.717, 1.165) is 28.8 Å². The van der Waals surface area contributed by atoms with Crippen LogP contribution in [0.5, 0.6) is 5.75 Å². The maximum absolute atomic E-state index is 12.8. The highest BCUT2D eigenvalue weighted by Crippen LogP contribution is 2.30. The van der Waals surface area contributed by atoms with Crippen LogP contribution >= 0.6 is 0 Å². The fourth-order valence-electron chi connectivity index (χ4n) is 3.69. The second-order valence-corrected chi connectivity index (χ2v) is 6.96. The highest BCUT2D eigenvalue weighted by atomic mass is 16.5. The summed E-state index contributed by atoms with van der Waals surface area (Å²) in [5.74, 6) is 1.88. The molecule has 1 atom stereocenters. The Hall–Kier alpha value is -3.09. The van der Waals surface area contributed by atoms with Crippen LogP contribution in [0.4, 0.5) is 10.5 Å². The van der Waals surface area contributed by atoms with Crippen LogP contribution in [0.3, 0.4) is 0 Å². The number of methoxy groups -OCH3 is 1. The third-order valence-corrected chi connectivity index (χ3v) is 5.15. The molecule has 1 saturated heterocycles. The lowest BCUT2D eigenvalue weighted by Gasteiger charge is -2.19. The summed E-state index contributed by atoms with van der Waals surface area (Å²) in [4.78, 5) is 23.5. The Balaban J connectivity index is 1.50. The van der Waals surface area contributed by atoms with Gasteiger partial charge in [-0.1, -0.05) is 6.07 Å².